The van der Waals surface area contributed by atoms with Gasteiger partial charge in [-0.1, -0.05) is 50.3 Å². The van der Waals surface area contributed by atoms with E-state index < -0.39 is 32.4 Å². The second kappa shape index (κ2) is 13.4. The van der Waals surface area contributed by atoms with E-state index in [9.17, 15) is 36.5 Å². The summed E-state index contributed by atoms with van der Waals surface area (Å²) in [6, 6.07) is 13.9. The summed E-state index contributed by atoms with van der Waals surface area (Å²) in [6.07, 6.45) is 8.04. The minimum Gasteiger partial charge on any atom is -0.481 e. The fourth-order valence-corrected chi connectivity index (χ4v) is 7.64. The van der Waals surface area contributed by atoms with Gasteiger partial charge in [0.25, 0.3) is 10.1 Å². The molecule has 2 aromatic carbocycles. The summed E-state index contributed by atoms with van der Waals surface area (Å²) in [6.45, 7) is 9.68. The molecule has 0 atom stereocenters. The fourth-order valence-electron chi connectivity index (χ4n) is 6.48. The molecule has 0 saturated heterocycles. The van der Waals surface area contributed by atoms with E-state index in [4.69, 9.17) is 0 Å². The van der Waals surface area contributed by atoms with Gasteiger partial charge in [-0.25, -0.2) is 0 Å². The third-order valence-corrected chi connectivity index (χ3v) is 10.3. The Morgan fingerprint density at radius 3 is 2.24 bits per heavy atom. The van der Waals surface area contributed by atoms with Gasteiger partial charge in [0.05, 0.1) is 28.5 Å². The molecule has 0 saturated carbocycles. The molecule has 0 unspecified atom stereocenters. The van der Waals surface area contributed by atoms with E-state index in [1.165, 1.54) is 5.56 Å². The number of rotatable bonds is 14. The normalized spacial score (nSPS) is 18.6. The minimum absolute atomic E-state index is 0.0787. The van der Waals surface area contributed by atoms with Crippen LogP contribution in [0.2, 0.25) is 0 Å². The molecule has 0 bridgehead atoms. The predicted octanol–water partition coefficient (Wildman–Crippen LogP) is 6.60. The van der Waals surface area contributed by atoms with Crippen LogP contribution in [0, 0.1) is 0 Å². The average Bonchev–Trinajstić information content (AvgIpc) is 3.26. The van der Waals surface area contributed by atoms with E-state index >= 15 is 0 Å². The standard InChI is InChI=1S/C33H44N2O8S2/c1-32(2)25-12-5-6-13-27(25)34(18-7-9-20-44(38,39)40)29(32)14-11-15-30-33(3,4)26-22-24(23-31(36)37)16-17-28(26)35(30)19-8-10-21-45(41,42)43/h5-6,11-17,22H,7-10,18-21,23H2,1-4H3,(H4-,36,37,38,39,40,41,42,43)/p+1. The number of hydrogen-bond donors (Lipinski definition) is 5. The number of para-hydroxylation sites is 1. The lowest BCUT2D eigenvalue weighted by atomic mass is 9.81. The number of benzene rings is 2. The predicted molar refractivity (Wildman–Crippen MR) is 180 cm³/mol. The van der Waals surface area contributed by atoms with Gasteiger partial charge in [0, 0.05) is 53.2 Å². The molecule has 12 heteroatoms. The van der Waals surface area contributed by atoms with Crippen molar-refractivity contribution in [1.82, 2.24) is 0 Å². The molecule has 0 spiro atoms. The Morgan fingerprint density at radius 1 is 0.889 bits per heavy atom. The molecule has 2 aliphatic rings. The Labute approximate surface area is 267 Å². The Bertz CT molecular complexity index is 1640. The van der Waals surface area contributed by atoms with Gasteiger partial charge in [0.2, 0.25) is 5.69 Å². The summed E-state index contributed by atoms with van der Waals surface area (Å²) < 4.78 is 62.2. The number of nitrogens with zero attached hydrogens (tertiary/aromatic N) is 2. The first-order valence-corrected chi connectivity index (χ1v) is 18.4. The summed E-state index contributed by atoms with van der Waals surface area (Å²) in [5, 5.41) is 9.38. The molecular weight excluding hydrogens is 617 g/mol. The van der Waals surface area contributed by atoms with E-state index in [2.05, 4.69) is 61.5 Å². The zero-order valence-electron chi connectivity index (χ0n) is 26.3. The Balaban J connectivity index is 1.69. The van der Waals surface area contributed by atoms with Gasteiger partial charge in [-0.2, -0.15) is 13.0 Å². The summed E-state index contributed by atoms with van der Waals surface area (Å²) in [5.41, 5.74) is 6.21. The summed E-state index contributed by atoms with van der Waals surface area (Å²) in [4.78, 5) is 13.6. The molecule has 0 aromatic heterocycles. The maximum Gasteiger partial charge on any atom is 0.307 e. The number of fused-ring (bicyclic) bond motifs is 2. The molecule has 246 valence electrons. The van der Waals surface area contributed by atoms with E-state index in [0.29, 0.717) is 44.3 Å². The van der Waals surface area contributed by atoms with E-state index in [1.54, 1.807) is 0 Å². The number of hydrogen-bond acceptors (Lipinski definition) is 7. The van der Waals surface area contributed by atoms with Crippen LogP contribution in [-0.2, 0) is 32.2 Å². The molecule has 0 amide bonds. The zero-order chi connectivity index (χ0) is 33.2. The largest absolute Gasteiger partial charge is 0.481 e. The van der Waals surface area contributed by atoms with Crippen LogP contribution in [-0.4, -0.2) is 72.6 Å². The average molecular weight is 662 g/mol. The van der Waals surface area contributed by atoms with Crippen molar-refractivity contribution in [3.05, 3.63) is 83.1 Å². The lowest BCUT2D eigenvalue weighted by Gasteiger charge is -2.27. The number of carboxylic acids is 1. The highest BCUT2D eigenvalue weighted by atomic mass is 32.3. The van der Waals surface area contributed by atoms with Crippen molar-refractivity contribution in [3.63, 3.8) is 0 Å². The highest BCUT2D eigenvalue weighted by molar-refractivity contribution is 8.19. The van der Waals surface area contributed by atoms with E-state index in [-0.39, 0.29) is 23.3 Å². The van der Waals surface area contributed by atoms with Crippen molar-refractivity contribution in [2.24, 2.45) is 0 Å². The second-order valence-corrected chi connectivity index (χ2v) is 16.1. The van der Waals surface area contributed by atoms with Crippen molar-refractivity contribution in [2.75, 3.05) is 29.5 Å². The fraction of sp³-hybridized carbons (Fsp3) is 0.455. The van der Waals surface area contributed by atoms with Crippen LogP contribution in [0.3, 0.4) is 0 Å². The van der Waals surface area contributed by atoms with Crippen LogP contribution in [0.1, 0.15) is 70.1 Å². The first-order chi connectivity index (χ1) is 20.9. The Hall–Kier alpha value is -3.00. The maximum absolute atomic E-state index is 11.4. The van der Waals surface area contributed by atoms with Crippen LogP contribution < -0.4 is 4.90 Å². The topological polar surface area (TPSA) is 159 Å². The van der Waals surface area contributed by atoms with Crippen LogP contribution >= 0.6 is 10.9 Å². The second-order valence-electron chi connectivity index (χ2n) is 12.8. The van der Waals surface area contributed by atoms with Crippen LogP contribution in [0.4, 0.5) is 11.4 Å². The van der Waals surface area contributed by atoms with Crippen LogP contribution in [0.5, 0.6) is 0 Å². The van der Waals surface area contributed by atoms with Gasteiger partial charge in [-0.05, 0) is 56.4 Å². The van der Waals surface area contributed by atoms with E-state index in [0.717, 1.165) is 28.3 Å². The molecular formula is C33H45N2O8S2+. The quantitative estimate of drug-likeness (QED) is 0.0854. The van der Waals surface area contributed by atoms with Crippen molar-refractivity contribution < 1.29 is 41.1 Å². The van der Waals surface area contributed by atoms with Gasteiger partial charge in [-0.15, -0.1) is 0 Å². The Kier molecular flexibility index (Phi) is 10.4. The molecule has 4 rings (SSSR count). The summed E-state index contributed by atoms with van der Waals surface area (Å²) in [5.74, 6) is -1.27. The maximum atomic E-state index is 11.4. The van der Waals surface area contributed by atoms with Crippen LogP contribution in [0.15, 0.2) is 66.4 Å². The number of unbranched alkanes of at least 4 members (excludes halogenated alkanes) is 2. The van der Waals surface area contributed by atoms with Crippen LogP contribution in [0.25, 0.3) is 0 Å². The molecule has 2 aliphatic heterocycles. The van der Waals surface area contributed by atoms with Gasteiger partial charge < -0.3 is 23.7 Å². The van der Waals surface area contributed by atoms with Crippen molar-refractivity contribution in [3.8, 4) is 0 Å². The molecule has 2 heterocycles. The first kappa shape index (κ1) is 34.9. The number of anilines is 1. The molecule has 0 radical (unpaired) electrons. The number of carboxylic acid groups (broad SMARTS) is 1. The van der Waals surface area contributed by atoms with Crippen molar-refractivity contribution in [1.29, 1.82) is 0 Å². The highest BCUT2D eigenvalue weighted by Gasteiger charge is 2.44. The molecule has 0 aliphatic carbocycles. The lowest BCUT2D eigenvalue weighted by Crippen LogP contribution is -2.28. The molecule has 2 aromatic rings. The highest BCUT2D eigenvalue weighted by Crippen LogP contribution is 2.48. The summed E-state index contributed by atoms with van der Waals surface area (Å²) >= 11 is 0. The first-order valence-electron chi connectivity index (χ1n) is 15.1. The number of carbonyl (C=O) groups is 1. The molecule has 45 heavy (non-hydrogen) atoms. The minimum atomic E-state index is -4.02. The SMILES string of the molecule is CC1(C)C(/C=C/C=C2/N(CCCCS(O)(O)O)c3ccc(CC(=O)O)cc3C2(C)C)=[N+](CCCCS(=O)(=O)O)c2ccccc21. The van der Waals surface area contributed by atoms with Crippen molar-refractivity contribution >= 4 is 44.0 Å². The smallest absolute Gasteiger partial charge is 0.307 e. The Morgan fingerprint density at radius 2 is 1.58 bits per heavy atom. The van der Waals surface area contributed by atoms with Gasteiger partial charge in [0.1, 0.15) is 6.54 Å². The summed E-state index contributed by atoms with van der Waals surface area (Å²) in [7, 11) is -7.58. The zero-order valence-corrected chi connectivity index (χ0v) is 27.9. The van der Waals surface area contributed by atoms with E-state index in [1.807, 2.05) is 36.4 Å². The lowest BCUT2D eigenvalue weighted by molar-refractivity contribution is -0.438. The third kappa shape index (κ3) is 8.24. The molecule has 0 fully saturated rings. The molecule has 5 N–H and O–H groups in total. The monoisotopic (exact) mass is 661 g/mol. The van der Waals surface area contributed by atoms with Gasteiger partial charge in [-0.3, -0.25) is 9.35 Å². The number of aliphatic carboxylic acids is 1. The number of allylic oxidation sites excluding steroid dienone is 4. The molecule has 10 nitrogen and oxygen atoms in total. The van der Waals surface area contributed by atoms with Crippen molar-refractivity contribution in [2.45, 2.75) is 70.6 Å². The van der Waals surface area contributed by atoms with Gasteiger partial charge >= 0.3 is 5.97 Å². The van der Waals surface area contributed by atoms with Gasteiger partial charge in [0.15, 0.2) is 5.71 Å². The third-order valence-electron chi connectivity index (χ3n) is 8.70.